The Morgan fingerprint density at radius 1 is 1.00 bits per heavy atom. The maximum atomic E-state index is 13.0. The first-order valence-electron chi connectivity index (χ1n) is 9.48. The maximum absolute atomic E-state index is 13.0. The number of sulfone groups is 1. The SMILES string of the molecule is O=C(c1cccc2c1C=CS2(=O)=O)N1CCN(Cc2ccc3c(c2)OCO3)CC1. The van der Waals surface area contributed by atoms with Gasteiger partial charge in [-0.15, -0.1) is 0 Å². The largest absolute Gasteiger partial charge is 0.454 e. The number of fused-ring (bicyclic) bond motifs is 2. The second-order valence-electron chi connectivity index (χ2n) is 7.32. The third-order valence-electron chi connectivity index (χ3n) is 5.52. The van der Waals surface area contributed by atoms with Crippen LogP contribution in [0, 0.1) is 0 Å². The molecule has 3 aliphatic rings. The minimum absolute atomic E-state index is 0.119. The van der Waals surface area contributed by atoms with Crippen LogP contribution >= 0.6 is 0 Å². The van der Waals surface area contributed by atoms with Gasteiger partial charge in [-0.1, -0.05) is 12.1 Å². The fourth-order valence-electron chi connectivity index (χ4n) is 3.96. The van der Waals surface area contributed by atoms with E-state index in [1.54, 1.807) is 23.1 Å². The molecule has 1 saturated heterocycles. The lowest BCUT2D eigenvalue weighted by molar-refractivity contribution is 0.0628. The van der Waals surface area contributed by atoms with Crippen LogP contribution in [0.5, 0.6) is 11.5 Å². The summed E-state index contributed by atoms with van der Waals surface area (Å²) in [6.07, 6.45) is 1.52. The number of carbonyl (C=O) groups is 1. The van der Waals surface area contributed by atoms with Crippen molar-refractivity contribution in [2.45, 2.75) is 11.4 Å². The Labute approximate surface area is 169 Å². The lowest BCUT2D eigenvalue weighted by atomic mass is 10.1. The molecule has 0 unspecified atom stereocenters. The van der Waals surface area contributed by atoms with E-state index in [1.807, 2.05) is 18.2 Å². The zero-order chi connectivity index (χ0) is 20.0. The van der Waals surface area contributed by atoms with E-state index < -0.39 is 9.84 Å². The summed E-state index contributed by atoms with van der Waals surface area (Å²) in [7, 11) is -3.42. The average molecular weight is 412 g/mol. The molecule has 150 valence electrons. The van der Waals surface area contributed by atoms with Crippen LogP contribution in [0.2, 0.25) is 0 Å². The minimum Gasteiger partial charge on any atom is -0.454 e. The highest BCUT2D eigenvalue weighted by Gasteiger charge is 2.29. The molecular weight excluding hydrogens is 392 g/mol. The van der Waals surface area contributed by atoms with E-state index in [0.29, 0.717) is 24.2 Å². The number of ether oxygens (including phenoxy) is 2. The number of amides is 1. The summed E-state index contributed by atoms with van der Waals surface area (Å²) in [5.74, 6) is 1.43. The molecule has 2 aromatic carbocycles. The van der Waals surface area contributed by atoms with Crippen molar-refractivity contribution in [3.63, 3.8) is 0 Å². The fourth-order valence-corrected chi connectivity index (χ4v) is 5.17. The quantitative estimate of drug-likeness (QED) is 0.769. The summed E-state index contributed by atoms with van der Waals surface area (Å²) in [6.45, 7) is 3.75. The molecule has 0 spiro atoms. The average Bonchev–Trinajstić information content (AvgIpc) is 3.32. The van der Waals surface area contributed by atoms with Crippen LogP contribution in [0.3, 0.4) is 0 Å². The van der Waals surface area contributed by atoms with Crippen molar-refractivity contribution in [3.05, 3.63) is 58.5 Å². The van der Waals surface area contributed by atoms with Crippen molar-refractivity contribution in [2.24, 2.45) is 0 Å². The Balaban J connectivity index is 1.25. The van der Waals surface area contributed by atoms with E-state index in [0.717, 1.165) is 42.1 Å². The van der Waals surface area contributed by atoms with Gasteiger partial charge in [-0.05, 0) is 35.9 Å². The number of nitrogens with zero attached hydrogens (tertiary/aromatic N) is 2. The van der Waals surface area contributed by atoms with Crippen LogP contribution in [-0.4, -0.2) is 57.1 Å². The highest BCUT2D eigenvalue weighted by Crippen LogP contribution is 2.33. The standard InChI is InChI=1S/C21H20N2O5S/c24-21(17-2-1-3-20-16(17)6-11-29(20,25)26)23-9-7-22(8-10-23)13-15-4-5-18-19(12-15)28-14-27-18/h1-6,11-12H,7-10,13-14H2. The number of benzene rings is 2. The van der Waals surface area contributed by atoms with Crippen molar-refractivity contribution >= 4 is 21.8 Å². The number of rotatable bonds is 3. The molecule has 0 saturated carbocycles. The molecule has 0 aromatic heterocycles. The first-order valence-corrected chi connectivity index (χ1v) is 11.0. The fraction of sp³-hybridized carbons (Fsp3) is 0.286. The van der Waals surface area contributed by atoms with Crippen LogP contribution in [0.25, 0.3) is 6.08 Å². The molecule has 29 heavy (non-hydrogen) atoms. The number of hydrogen-bond acceptors (Lipinski definition) is 6. The van der Waals surface area contributed by atoms with E-state index in [-0.39, 0.29) is 17.6 Å². The van der Waals surface area contributed by atoms with E-state index in [2.05, 4.69) is 4.90 Å². The lowest BCUT2D eigenvalue weighted by Crippen LogP contribution is -2.48. The monoisotopic (exact) mass is 412 g/mol. The minimum atomic E-state index is -3.42. The van der Waals surface area contributed by atoms with E-state index in [9.17, 15) is 13.2 Å². The maximum Gasteiger partial charge on any atom is 0.254 e. The van der Waals surface area contributed by atoms with Gasteiger partial charge in [0.05, 0.1) is 4.90 Å². The van der Waals surface area contributed by atoms with E-state index >= 15 is 0 Å². The number of hydrogen-bond donors (Lipinski definition) is 0. The molecule has 0 radical (unpaired) electrons. The first-order chi connectivity index (χ1) is 14.0. The third kappa shape index (κ3) is 3.28. The van der Waals surface area contributed by atoms with Crippen molar-refractivity contribution in [2.75, 3.05) is 33.0 Å². The normalized spacial score (nSPS) is 19.4. The molecule has 0 N–H and O–H groups in total. The molecule has 7 nitrogen and oxygen atoms in total. The molecule has 0 bridgehead atoms. The Morgan fingerprint density at radius 2 is 1.79 bits per heavy atom. The Morgan fingerprint density at radius 3 is 2.62 bits per heavy atom. The van der Waals surface area contributed by atoms with Gasteiger partial charge in [0.15, 0.2) is 21.3 Å². The third-order valence-corrected chi connectivity index (χ3v) is 6.98. The summed E-state index contributed by atoms with van der Waals surface area (Å²) in [4.78, 5) is 17.3. The topological polar surface area (TPSA) is 76.2 Å². The van der Waals surface area contributed by atoms with Crippen LogP contribution in [0.15, 0.2) is 46.7 Å². The van der Waals surface area contributed by atoms with Crippen LogP contribution < -0.4 is 9.47 Å². The molecule has 0 aliphatic carbocycles. The van der Waals surface area contributed by atoms with Crippen LogP contribution in [-0.2, 0) is 16.4 Å². The molecule has 3 aliphatic heterocycles. The molecule has 2 aromatic rings. The summed E-state index contributed by atoms with van der Waals surface area (Å²) >= 11 is 0. The van der Waals surface area contributed by atoms with Gasteiger partial charge in [-0.2, -0.15) is 0 Å². The molecule has 5 rings (SSSR count). The summed E-state index contributed by atoms with van der Waals surface area (Å²) in [6, 6.07) is 10.8. The van der Waals surface area contributed by atoms with Gasteiger partial charge in [0.1, 0.15) is 0 Å². The van der Waals surface area contributed by atoms with Crippen molar-refractivity contribution in [1.82, 2.24) is 9.80 Å². The van der Waals surface area contributed by atoms with Gasteiger partial charge in [0.2, 0.25) is 6.79 Å². The van der Waals surface area contributed by atoms with Gasteiger partial charge in [-0.25, -0.2) is 8.42 Å². The van der Waals surface area contributed by atoms with Crippen molar-refractivity contribution < 1.29 is 22.7 Å². The highest BCUT2D eigenvalue weighted by molar-refractivity contribution is 7.94. The van der Waals surface area contributed by atoms with Gasteiger partial charge in [-0.3, -0.25) is 9.69 Å². The van der Waals surface area contributed by atoms with Gasteiger partial charge < -0.3 is 14.4 Å². The molecular formula is C21H20N2O5S. The summed E-state index contributed by atoms with van der Waals surface area (Å²) in [5.41, 5.74) is 2.09. The second-order valence-corrected chi connectivity index (χ2v) is 9.12. The van der Waals surface area contributed by atoms with Crippen LogP contribution in [0.4, 0.5) is 0 Å². The van der Waals surface area contributed by atoms with E-state index in [4.69, 9.17) is 9.47 Å². The van der Waals surface area contributed by atoms with E-state index in [1.165, 1.54) is 6.08 Å². The van der Waals surface area contributed by atoms with Crippen LogP contribution in [0.1, 0.15) is 21.5 Å². The second kappa shape index (κ2) is 6.89. The summed E-state index contributed by atoms with van der Waals surface area (Å²) in [5, 5.41) is 1.16. The lowest BCUT2D eigenvalue weighted by Gasteiger charge is -2.35. The molecule has 3 heterocycles. The summed E-state index contributed by atoms with van der Waals surface area (Å²) < 4.78 is 34.9. The van der Waals surface area contributed by atoms with Crippen molar-refractivity contribution in [1.29, 1.82) is 0 Å². The molecule has 1 amide bonds. The molecule has 8 heteroatoms. The zero-order valence-corrected chi connectivity index (χ0v) is 16.5. The number of piperazine rings is 1. The van der Waals surface area contributed by atoms with Gasteiger partial charge in [0.25, 0.3) is 5.91 Å². The Bertz CT molecular complexity index is 1120. The highest BCUT2D eigenvalue weighted by atomic mass is 32.2. The van der Waals surface area contributed by atoms with Crippen molar-refractivity contribution in [3.8, 4) is 11.5 Å². The molecule has 1 fully saturated rings. The zero-order valence-electron chi connectivity index (χ0n) is 15.7. The van der Waals surface area contributed by atoms with Gasteiger partial charge >= 0.3 is 0 Å². The predicted molar refractivity (Wildman–Crippen MR) is 106 cm³/mol. The Hall–Kier alpha value is -2.84. The van der Waals surface area contributed by atoms with Gasteiger partial charge in [0, 0.05) is 49.3 Å². The first kappa shape index (κ1) is 18.2. The Kier molecular flexibility index (Phi) is 4.33. The predicted octanol–water partition coefficient (Wildman–Crippen LogP) is 2.13. The molecule has 0 atom stereocenters. The smallest absolute Gasteiger partial charge is 0.254 e. The number of carbonyl (C=O) groups excluding carboxylic acids is 1.